The lowest BCUT2D eigenvalue weighted by Crippen LogP contribution is -2.06. The van der Waals surface area contributed by atoms with Crippen LogP contribution in [-0.2, 0) is 6.42 Å². The van der Waals surface area contributed by atoms with Crippen LogP contribution in [0, 0.1) is 0 Å². The minimum Gasteiger partial charge on any atom is -0.464 e. The fourth-order valence-corrected chi connectivity index (χ4v) is 2.05. The molecule has 0 aliphatic carbocycles. The fraction of sp³-hybridized carbons (Fsp3) is 0.133. The van der Waals surface area contributed by atoms with E-state index < -0.39 is 0 Å². The second-order valence-corrected chi connectivity index (χ2v) is 4.41. The predicted molar refractivity (Wildman–Crippen MR) is 77.1 cm³/mol. The molecule has 0 amide bonds. The van der Waals surface area contributed by atoms with Crippen LogP contribution in [0.2, 0.25) is 0 Å². The van der Waals surface area contributed by atoms with Gasteiger partial charge in [-0.1, -0.05) is 12.1 Å². The molecule has 0 unspecified atom stereocenters. The van der Waals surface area contributed by atoms with Crippen molar-refractivity contribution in [2.24, 2.45) is 0 Å². The fourth-order valence-electron chi connectivity index (χ4n) is 2.05. The summed E-state index contributed by atoms with van der Waals surface area (Å²) in [5.74, 6) is 0.863. The van der Waals surface area contributed by atoms with Crippen molar-refractivity contribution in [3.8, 4) is 0 Å². The molecule has 0 radical (unpaired) electrons. The molecule has 0 aliphatic heterocycles. The normalized spacial score (nSPS) is 10.7. The zero-order chi connectivity index (χ0) is 13.1. The molecule has 1 aromatic carbocycles. The largest absolute Gasteiger partial charge is 0.464 e. The molecule has 96 valence electrons. The minimum absolute atomic E-state index is 0.793. The first kappa shape index (κ1) is 11.6. The van der Waals surface area contributed by atoms with Crippen LogP contribution in [0.1, 0.15) is 5.56 Å². The number of benzene rings is 1. The van der Waals surface area contributed by atoms with Gasteiger partial charge in [0.05, 0.1) is 11.6 Å². The third-order valence-corrected chi connectivity index (χ3v) is 3.07. The van der Waals surface area contributed by atoms with Gasteiger partial charge in [-0.25, -0.2) is 4.98 Å². The molecule has 0 atom stereocenters. The highest BCUT2D eigenvalue weighted by atomic mass is 16.3. The Hall–Kier alpha value is -2.49. The molecule has 2 heterocycles. The maximum atomic E-state index is 5.66. The summed E-state index contributed by atoms with van der Waals surface area (Å²) < 4.78 is 5.34. The van der Waals surface area contributed by atoms with Crippen molar-refractivity contribution >= 4 is 22.5 Å². The van der Waals surface area contributed by atoms with Crippen molar-refractivity contribution in [1.29, 1.82) is 0 Å². The van der Waals surface area contributed by atoms with Crippen LogP contribution >= 0.6 is 0 Å². The quantitative estimate of drug-likeness (QED) is 0.701. The number of nitrogens with two attached hydrogens (primary N) is 1. The Morgan fingerprint density at radius 3 is 2.79 bits per heavy atom. The summed E-state index contributed by atoms with van der Waals surface area (Å²) in [6.07, 6.45) is 4.35. The van der Waals surface area contributed by atoms with Gasteiger partial charge in [-0.15, -0.1) is 0 Å². The van der Waals surface area contributed by atoms with Crippen LogP contribution in [0.4, 0.5) is 11.5 Å². The Morgan fingerprint density at radius 2 is 1.95 bits per heavy atom. The lowest BCUT2D eigenvalue weighted by Gasteiger charge is -2.06. The number of rotatable bonds is 4. The van der Waals surface area contributed by atoms with Gasteiger partial charge in [-0.2, -0.15) is 0 Å². The number of anilines is 2. The van der Waals surface area contributed by atoms with Crippen molar-refractivity contribution in [3.63, 3.8) is 0 Å². The molecule has 4 heteroatoms. The van der Waals surface area contributed by atoms with Crippen molar-refractivity contribution in [2.45, 2.75) is 6.42 Å². The molecule has 19 heavy (non-hydrogen) atoms. The Labute approximate surface area is 111 Å². The average Bonchev–Trinajstić information content (AvgIpc) is 2.90. The molecule has 0 saturated carbocycles. The Bertz CT molecular complexity index is 673. The van der Waals surface area contributed by atoms with Gasteiger partial charge in [-0.05, 0) is 36.2 Å². The van der Waals surface area contributed by atoms with Gasteiger partial charge in [0.15, 0.2) is 0 Å². The van der Waals surface area contributed by atoms with E-state index in [0.29, 0.717) is 0 Å². The summed E-state index contributed by atoms with van der Waals surface area (Å²) >= 11 is 0. The summed E-state index contributed by atoms with van der Waals surface area (Å²) in [5.41, 5.74) is 8.56. The number of fused-ring (bicyclic) bond motifs is 1. The van der Waals surface area contributed by atoms with Gasteiger partial charge in [0.2, 0.25) is 0 Å². The van der Waals surface area contributed by atoms with E-state index in [4.69, 9.17) is 10.2 Å². The maximum absolute atomic E-state index is 5.66. The summed E-state index contributed by atoms with van der Waals surface area (Å²) in [4.78, 5) is 4.33. The highest BCUT2D eigenvalue weighted by molar-refractivity contribution is 5.87. The first-order valence-electron chi connectivity index (χ1n) is 6.23. The van der Waals surface area contributed by atoms with Gasteiger partial charge in [0.25, 0.3) is 0 Å². The number of nitrogens with one attached hydrogen (secondary N) is 1. The molecule has 0 bridgehead atoms. The molecular formula is C15H15N3O. The van der Waals surface area contributed by atoms with Gasteiger partial charge >= 0.3 is 0 Å². The third-order valence-electron chi connectivity index (χ3n) is 3.07. The minimum atomic E-state index is 0.793. The number of pyridine rings is 1. The first-order chi connectivity index (χ1) is 9.33. The highest BCUT2D eigenvalue weighted by Crippen LogP contribution is 2.21. The van der Waals surface area contributed by atoms with Crippen LogP contribution in [-0.4, -0.2) is 11.5 Å². The van der Waals surface area contributed by atoms with Crippen LogP contribution < -0.4 is 11.1 Å². The van der Waals surface area contributed by atoms with E-state index in [1.165, 1.54) is 5.56 Å². The second kappa shape index (κ2) is 5.02. The molecule has 3 rings (SSSR count). The van der Waals surface area contributed by atoms with E-state index >= 15 is 0 Å². The number of furan rings is 1. The number of hydrogen-bond acceptors (Lipinski definition) is 4. The summed E-state index contributed by atoms with van der Waals surface area (Å²) in [6, 6.07) is 11.7. The zero-order valence-electron chi connectivity index (χ0n) is 10.5. The van der Waals surface area contributed by atoms with Crippen LogP contribution in [0.3, 0.4) is 0 Å². The van der Waals surface area contributed by atoms with Crippen LogP contribution in [0.15, 0.2) is 53.3 Å². The average molecular weight is 253 g/mol. The topological polar surface area (TPSA) is 64.1 Å². The smallest absolute Gasteiger partial charge is 0.139 e. The van der Waals surface area contributed by atoms with Gasteiger partial charge in [-0.3, -0.25) is 0 Å². The molecule has 2 aromatic heterocycles. The van der Waals surface area contributed by atoms with E-state index in [-0.39, 0.29) is 0 Å². The Morgan fingerprint density at radius 1 is 1.11 bits per heavy atom. The summed E-state index contributed by atoms with van der Waals surface area (Å²) in [6.45, 7) is 0.821. The van der Waals surface area contributed by atoms with E-state index in [9.17, 15) is 0 Å². The lowest BCUT2D eigenvalue weighted by atomic mass is 10.1. The highest BCUT2D eigenvalue weighted by Gasteiger charge is 2.03. The lowest BCUT2D eigenvalue weighted by molar-refractivity contribution is 0.615. The SMILES string of the molecule is Nc1ccc(CCNc2nccc3occc23)cc1. The third kappa shape index (κ3) is 2.52. The number of hydrogen-bond donors (Lipinski definition) is 2. The molecule has 4 nitrogen and oxygen atoms in total. The number of nitrogens with zero attached hydrogens (tertiary/aromatic N) is 1. The van der Waals surface area contributed by atoms with Crippen molar-refractivity contribution in [1.82, 2.24) is 4.98 Å². The first-order valence-corrected chi connectivity index (χ1v) is 6.23. The molecule has 0 aliphatic rings. The van der Waals surface area contributed by atoms with Crippen molar-refractivity contribution in [2.75, 3.05) is 17.6 Å². The molecule has 3 N–H and O–H groups in total. The number of nitrogen functional groups attached to an aromatic ring is 1. The van der Waals surface area contributed by atoms with E-state index in [0.717, 1.165) is 35.4 Å². The Balaban J connectivity index is 1.66. The van der Waals surface area contributed by atoms with Gasteiger partial charge in [0, 0.05) is 18.4 Å². The Kier molecular flexibility index (Phi) is 3.06. The summed E-state index contributed by atoms with van der Waals surface area (Å²) in [7, 11) is 0. The molecule has 0 fully saturated rings. The molecule has 0 spiro atoms. The second-order valence-electron chi connectivity index (χ2n) is 4.41. The van der Waals surface area contributed by atoms with Gasteiger partial charge in [0.1, 0.15) is 11.4 Å². The molecular weight excluding hydrogens is 238 g/mol. The van der Waals surface area contributed by atoms with Crippen molar-refractivity contribution in [3.05, 3.63) is 54.4 Å². The number of aromatic nitrogens is 1. The van der Waals surface area contributed by atoms with Crippen LogP contribution in [0.5, 0.6) is 0 Å². The standard InChI is InChI=1S/C15H15N3O/c16-12-3-1-11(2-4-12)5-8-17-15-13-7-10-19-14(13)6-9-18-15/h1-4,6-7,9-10H,5,8,16H2,(H,17,18). The molecule has 3 aromatic rings. The summed E-state index contributed by atoms with van der Waals surface area (Å²) in [5, 5.41) is 4.35. The monoisotopic (exact) mass is 253 g/mol. The van der Waals surface area contributed by atoms with Crippen molar-refractivity contribution < 1.29 is 4.42 Å². The van der Waals surface area contributed by atoms with Gasteiger partial charge < -0.3 is 15.5 Å². The van der Waals surface area contributed by atoms with Crippen LogP contribution in [0.25, 0.3) is 11.0 Å². The maximum Gasteiger partial charge on any atom is 0.139 e. The van der Waals surface area contributed by atoms with E-state index in [2.05, 4.69) is 10.3 Å². The molecule has 0 saturated heterocycles. The van der Waals surface area contributed by atoms with E-state index in [1.807, 2.05) is 36.4 Å². The van der Waals surface area contributed by atoms with E-state index in [1.54, 1.807) is 12.5 Å². The zero-order valence-corrected chi connectivity index (χ0v) is 10.5. The predicted octanol–water partition coefficient (Wildman–Crippen LogP) is 3.06.